The van der Waals surface area contributed by atoms with Crippen LogP contribution in [0, 0.1) is 0 Å². The summed E-state index contributed by atoms with van der Waals surface area (Å²) >= 11 is 12.2. The Hall–Kier alpha value is -2.57. The van der Waals surface area contributed by atoms with Crippen molar-refractivity contribution >= 4 is 45.7 Å². The Morgan fingerprint density at radius 2 is 1.79 bits per heavy atom. The quantitative estimate of drug-likeness (QED) is 0.658. The van der Waals surface area contributed by atoms with Gasteiger partial charge in [-0.05, 0) is 30.3 Å². The van der Waals surface area contributed by atoms with Crippen molar-refractivity contribution in [1.82, 2.24) is 14.5 Å². The van der Waals surface area contributed by atoms with Crippen LogP contribution in [-0.4, -0.2) is 46.5 Å². The van der Waals surface area contributed by atoms with Gasteiger partial charge in [-0.15, -0.1) is 0 Å². The van der Waals surface area contributed by atoms with Crippen LogP contribution in [0.5, 0.6) is 0 Å². The van der Waals surface area contributed by atoms with Crippen LogP contribution in [0.2, 0.25) is 10.0 Å². The summed E-state index contributed by atoms with van der Waals surface area (Å²) in [5, 5.41) is 1.58. The molecule has 28 heavy (non-hydrogen) atoms. The van der Waals surface area contributed by atoms with Crippen LogP contribution in [0.3, 0.4) is 0 Å². The zero-order valence-corrected chi connectivity index (χ0v) is 16.5. The van der Waals surface area contributed by atoms with Crippen LogP contribution in [0.25, 0.3) is 10.9 Å². The minimum Gasteiger partial charge on any atom is -0.367 e. The number of nitrogens with zero attached hydrogens (tertiary/aromatic N) is 4. The van der Waals surface area contributed by atoms with E-state index in [9.17, 15) is 9.59 Å². The van der Waals surface area contributed by atoms with Crippen molar-refractivity contribution in [3.8, 4) is 0 Å². The SMILES string of the molecule is O=C(Cn1cnc2ccc(Cl)cc2c1=O)N1CCN(c2ccccc2Cl)CC1. The molecule has 2 heterocycles. The number of para-hydroxylation sites is 1. The van der Waals surface area contributed by atoms with Crippen LogP contribution in [0.1, 0.15) is 0 Å². The molecule has 1 saturated heterocycles. The number of fused-ring (bicyclic) bond motifs is 1. The van der Waals surface area contributed by atoms with Crippen LogP contribution in [0.4, 0.5) is 5.69 Å². The van der Waals surface area contributed by atoms with Crippen molar-refractivity contribution in [1.29, 1.82) is 0 Å². The summed E-state index contributed by atoms with van der Waals surface area (Å²) in [4.78, 5) is 33.5. The minimum absolute atomic E-state index is 0.0413. The molecule has 0 radical (unpaired) electrons. The molecular formula is C20H18Cl2N4O2. The highest BCUT2D eigenvalue weighted by Gasteiger charge is 2.23. The van der Waals surface area contributed by atoms with E-state index in [1.54, 1.807) is 23.1 Å². The smallest absolute Gasteiger partial charge is 0.261 e. The van der Waals surface area contributed by atoms with E-state index in [1.165, 1.54) is 10.9 Å². The zero-order chi connectivity index (χ0) is 19.7. The lowest BCUT2D eigenvalue weighted by atomic mass is 10.2. The van der Waals surface area contributed by atoms with Gasteiger partial charge in [0.2, 0.25) is 5.91 Å². The lowest BCUT2D eigenvalue weighted by molar-refractivity contribution is -0.132. The van der Waals surface area contributed by atoms with Gasteiger partial charge in [-0.25, -0.2) is 4.98 Å². The number of carbonyl (C=O) groups is 1. The van der Waals surface area contributed by atoms with Crippen molar-refractivity contribution < 1.29 is 4.79 Å². The Balaban J connectivity index is 1.45. The Kier molecular flexibility index (Phi) is 5.24. The van der Waals surface area contributed by atoms with Gasteiger partial charge in [0.25, 0.3) is 5.56 Å². The first kappa shape index (κ1) is 18.8. The number of benzene rings is 2. The maximum absolute atomic E-state index is 12.7. The van der Waals surface area contributed by atoms with Crippen LogP contribution in [-0.2, 0) is 11.3 Å². The highest BCUT2D eigenvalue weighted by atomic mass is 35.5. The number of amides is 1. The molecule has 144 valence electrons. The Bertz CT molecular complexity index is 1090. The number of aromatic nitrogens is 2. The number of carbonyl (C=O) groups excluding carboxylic acids is 1. The summed E-state index contributed by atoms with van der Waals surface area (Å²) in [6.07, 6.45) is 1.41. The van der Waals surface area contributed by atoms with Gasteiger partial charge in [0.1, 0.15) is 6.54 Å². The molecule has 1 aliphatic heterocycles. The van der Waals surface area contributed by atoms with Crippen molar-refractivity contribution in [2.45, 2.75) is 6.54 Å². The van der Waals surface area contributed by atoms with Crippen molar-refractivity contribution in [3.63, 3.8) is 0 Å². The van der Waals surface area contributed by atoms with E-state index in [2.05, 4.69) is 9.88 Å². The molecule has 0 unspecified atom stereocenters. The van der Waals surface area contributed by atoms with Crippen LogP contribution in [0.15, 0.2) is 53.6 Å². The third-order valence-electron chi connectivity index (χ3n) is 4.92. The third-order valence-corrected chi connectivity index (χ3v) is 5.47. The lowest BCUT2D eigenvalue weighted by Crippen LogP contribution is -2.50. The van der Waals surface area contributed by atoms with Gasteiger partial charge in [0.15, 0.2) is 0 Å². The Morgan fingerprint density at radius 3 is 2.54 bits per heavy atom. The molecule has 1 aliphatic rings. The van der Waals surface area contributed by atoms with E-state index in [-0.39, 0.29) is 18.0 Å². The highest BCUT2D eigenvalue weighted by molar-refractivity contribution is 6.33. The van der Waals surface area contributed by atoms with Crippen molar-refractivity contribution in [2.24, 2.45) is 0 Å². The molecule has 0 saturated carbocycles. The van der Waals surface area contributed by atoms with Gasteiger partial charge < -0.3 is 9.80 Å². The second-order valence-corrected chi connectivity index (χ2v) is 7.50. The summed E-state index contributed by atoms with van der Waals surface area (Å²) in [5.74, 6) is -0.107. The topological polar surface area (TPSA) is 58.4 Å². The minimum atomic E-state index is -0.268. The highest BCUT2D eigenvalue weighted by Crippen LogP contribution is 2.26. The molecule has 4 rings (SSSR count). The summed E-state index contributed by atoms with van der Waals surface area (Å²) in [6, 6.07) is 12.6. The van der Waals surface area contributed by atoms with Gasteiger partial charge in [-0.3, -0.25) is 14.2 Å². The predicted molar refractivity (Wildman–Crippen MR) is 111 cm³/mol. The molecule has 1 amide bonds. The van der Waals surface area contributed by atoms with E-state index < -0.39 is 0 Å². The van der Waals surface area contributed by atoms with E-state index in [0.717, 1.165) is 5.69 Å². The summed E-state index contributed by atoms with van der Waals surface area (Å²) < 4.78 is 1.33. The molecule has 0 spiro atoms. The number of anilines is 1. The Morgan fingerprint density at radius 1 is 1.04 bits per heavy atom. The normalized spacial score (nSPS) is 14.5. The second kappa shape index (κ2) is 7.81. The summed E-state index contributed by atoms with van der Waals surface area (Å²) in [7, 11) is 0. The van der Waals surface area contributed by atoms with Crippen molar-refractivity contribution in [3.05, 3.63) is 69.2 Å². The fourth-order valence-corrected chi connectivity index (χ4v) is 3.82. The lowest BCUT2D eigenvalue weighted by Gasteiger charge is -2.36. The molecule has 1 aromatic heterocycles. The zero-order valence-electron chi connectivity index (χ0n) is 15.0. The molecule has 0 atom stereocenters. The van der Waals surface area contributed by atoms with Crippen molar-refractivity contribution in [2.75, 3.05) is 31.1 Å². The first-order valence-corrected chi connectivity index (χ1v) is 9.70. The number of halogens is 2. The molecule has 1 fully saturated rings. The van der Waals surface area contributed by atoms with E-state index in [1.807, 2.05) is 24.3 Å². The number of hydrogen-bond acceptors (Lipinski definition) is 4. The molecule has 6 nitrogen and oxygen atoms in total. The number of rotatable bonds is 3. The third kappa shape index (κ3) is 3.70. The van der Waals surface area contributed by atoms with E-state index in [4.69, 9.17) is 23.2 Å². The molecule has 0 bridgehead atoms. The van der Waals surface area contributed by atoms with Gasteiger partial charge in [-0.2, -0.15) is 0 Å². The Labute approximate surface area is 171 Å². The summed E-state index contributed by atoms with van der Waals surface area (Å²) in [6.45, 7) is 2.49. The van der Waals surface area contributed by atoms with E-state index >= 15 is 0 Å². The molecule has 2 aromatic carbocycles. The fraction of sp³-hybridized carbons (Fsp3) is 0.250. The van der Waals surface area contributed by atoms with Gasteiger partial charge in [0, 0.05) is 31.2 Å². The fourth-order valence-electron chi connectivity index (χ4n) is 3.39. The van der Waals surface area contributed by atoms with Gasteiger partial charge >= 0.3 is 0 Å². The molecule has 0 aliphatic carbocycles. The average molecular weight is 417 g/mol. The van der Waals surface area contributed by atoms with Gasteiger partial charge in [0.05, 0.1) is 27.9 Å². The number of hydrogen-bond donors (Lipinski definition) is 0. The van der Waals surface area contributed by atoms with Crippen LogP contribution >= 0.6 is 23.2 Å². The molecule has 3 aromatic rings. The van der Waals surface area contributed by atoms with Gasteiger partial charge in [-0.1, -0.05) is 35.3 Å². The molecule has 0 N–H and O–H groups in total. The first-order valence-electron chi connectivity index (χ1n) is 8.95. The monoisotopic (exact) mass is 416 g/mol. The molecular weight excluding hydrogens is 399 g/mol. The predicted octanol–water partition coefficient (Wildman–Crippen LogP) is 3.05. The summed E-state index contributed by atoms with van der Waals surface area (Å²) in [5.41, 5.74) is 1.27. The average Bonchev–Trinajstić information content (AvgIpc) is 2.71. The molecule has 8 heteroatoms. The number of piperazine rings is 1. The van der Waals surface area contributed by atoms with E-state index in [0.29, 0.717) is 47.1 Å². The second-order valence-electron chi connectivity index (χ2n) is 6.66. The standard InChI is InChI=1S/C20H18Cl2N4O2/c21-14-5-6-17-15(11-14)20(28)26(13-23-17)12-19(27)25-9-7-24(8-10-25)18-4-2-1-3-16(18)22/h1-6,11,13H,7-10,12H2. The maximum Gasteiger partial charge on any atom is 0.261 e. The largest absolute Gasteiger partial charge is 0.367 e. The van der Waals surface area contributed by atoms with Crippen LogP contribution < -0.4 is 10.5 Å². The maximum atomic E-state index is 12.7. The first-order chi connectivity index (χ1) is 13.5.